The van der Waals surface area contributed by atoms with Crippen molar-refractivity contribution in [2.45, 2.75) is 84.0 Å². The summed E-state index contributed by atoms with van der Waals surface area (Å²) in [7, 11) is 1.60. The largest absolute Gasteiger partial charge is 0.496 e. The van der Waals surface area contributed by atoms with Crippen LogP contribution in [0, 0.1) is 11.8 Å². The molecule has 0 spiro atoms. The summed E-state index contributed by atoms with van der Waals surface area (Å²) in [5.74, 6) is 0.550. The number of hydrogen-bond donors (Lipinski definition) is 0. The first-order chi connectivity index (χ1) is 27.4. The summed E-state index contributed by atoms with van der Waals surface area (Å²) in [4.78, 5) is 42.2. The molecule has 0 aliphatic heterocycles. The lowest BCUT2D eigenvalue weighted by molar-refractivity contribution is -0.145. The van der Waals surface area contributed by atoms with Gasteiger partial charge in [-0.3, -0.25) is 9.59 Å². The van der Waals surface area contributed by atoms with E-state index in [4.69, 9.17) is 33.8 Å². The molecule has 0 unspecified atom stereocenters. The van der Waals surface area contributed by atoms with E-state index in [0.717, 1.165) is 66.8 Å². The third-order valence-electron chi connectivity index (χ3n) is 9.64. The van der Waals surface area contributed by atoms with Crippen molar-refractivity contribution in [2.24, 2.45) is 16.9 Å². The van der Waals surface area contributed by atoms with Crippen LogP contribution in [0.2, 0.25) is 0 Å². The van der Waals surface area contributed by atoms with Crippen molar-refractivity contribution in [3.63, 3.8) is 0 Å². The van der Waals surface area contributed by atoms with E-state index in [-0.39, 0.29) is 23.8 Å². The molecule has 298 valence electrons. The molecule has 0 amide bonds. The molecule has 1 aromatic heterocycles. The first kappa shape index (κ1) is 41.9. The van der Waals surface area contributed by atoms with Gasteiger partial charge in [0.05, 0.1) is 48.6 Å². The number of unbranched alkanes of at least 4 members (excludes halogenated alkanes) is 6. The number of aromatic nitrogens is 1. The molecule has 1 aliphatic carbocycles. The van der Waals surface area contributed by atoms with Crippen LogP contribution < -0.4 is 24.0 Å². The van der Waals surface area contributed by atoms with Gasteiger partial charge in [-0.05, 0) is 112 Å². The molecule has 0 atom stereocenters. The van der Waals surface area contributed by atoms with Crippen molar-refractivity contribution in [3.05, 3.63) is 84.9 Å². The van der Waals surface area contributed by atoms with E-state index < -0.39 is 5.97 Å². The maximum Gasteiger partial charge on any atom is 0.330 e. The predicted molar refractivity (Wildman–Crippen MR) is 220 cm³/mol. The molecule has 12 heteroatoms. The first-order valence-electron chi connectivity index (χ1n) is 19.7. The Kier molecular flexibility index (Phi) is 16.7. The molecule has 1 heterocycles. The number of esters is 3. The monoisotopic (exact) mass is 783 g/mol. The van der Waals surface area contributed by atoms with Crippen molar-refractivity contribution in [2.75, 3.05) is 31.9 Å². The Hall–Kier alpha value is -5.23. The number of ether oxygens (including phenoxy) is 5. The molecule has 4 aromatic rings. The third kappa shape index (κ3) is 12.9. The van der Waals surface area contributed by atoms with Crippen LogP contribution in [0.5, 0.6) is 23.0 Å². The van der Waals surface area contributed by atoms with Crippen LogP contribution in [0.15, 0.2) is 84.5 Å². The number of hydrogen-bond acceptors (Lipinski definition) is 12. The van der Waals surface area contributed by atoms with Gasteiger partial charge in [0.25, 0.3) is 0 Å². The van der Waals surface area contributed by atoms with E-state index in [2.05, 4.69) is 19.6 Å². The van der Waals surface area contributed by atoms with Gasteiger partial charge in [0.1, 0.15) is 23.0 Å². The standard InChI is InChI=1S/C44H53N3O8S/c1-4-6-7-12-27-47(44-46-38-15-10-11-16-40(38)56-44)45-31-34-30-37(25-26-39(34)51-3)55-43(50)33-19-17-32(18-20-33)42(49)54-36-23-21-35(22-24-36)52-28-13-8-9-14-29-53-41(48)5-2/h5,10-11,15-16,21-26,30-33H,2,4,6-9,12-14,17-20,27-29H2,1,3H3/b45-31+/t32-,33+. The molecule has 0 saturated heterocycles. The van der Waals surface area contributed by atoms with Crippen LogP contribution in [0.25, 0.3) is 10.2 Å². The molecule has 56 heavy (non-hydrogen) atoms. The summed E-state index contributed by atoms with van der Waals surface area (Å²) < 4.78 is 29.0. The van der Waals surface area contributed by atoms with Crippen LogP contribution in [0.1, 0.15) is 89.5 Å². The van der Waals surface area contributed by atoms with Crippen LogP contribution in [-0.4, -0.2) is 56.0 Å². The molecule has 0 N–H and O–H groups in total. The Morgan fingerprint density at radius 2 is 1.46 bits per heavy atom. The second kappa shape index (κ2) is 22.4. The number of para-hydroxylation sites is 1. The van der Waals surface area contributed by atoms with Crippen molar-refractivity contribution < 1.29 is 38.1 Å². The van der Waals surface area contributed by atoms with Gasteiger partial charge in [0.15, 0.2) is 0 Å². The molecule has 1 fully saturated rings. The van der Waals surface area contributed by atoms with E-state index in [1.807, 2.05) is 23.2 Å². The van der Waals surface area contributed by atoms with Gasteiger partial charge >= 0.3 is 17.9 Å². The Morgan fingerprint density at radius 3 is 2.14 bits per heavy atom. The maximum atomic E-state index is 13.3. The topological polar surface area (TPSA) is 126 Å². The minimum atomic E-state index is -0.396. The number of rotatable bonds is 22. The molecular weight excluding hydrogens is 731 g/mol. The average Bonchev–Trinajstić information content (AvgIpc) is 3.66. The second-order valence-corrected chi connectivity index (χ2v) is 14.8. The number of nitrogens with zero attached hydrogens (tertiary/aromatic N) is 3. The lowest BCUT2D eigenvalue weighted by Crippen LogP contribution is -2.30. The number of benzene rings is 3. The van der Waals surface area contributed by atoms with Gasteiger partial charge in [-0.25, -0.2) is 14.8 Å². The minimum absolute atomic E-state index is 0.292. The molecule has 0 bridgehead atoms. The first-order valence-corrected chi connectivity index (χ1v) is 20.5. The zero-order valence-electron chi connectivity index (χ0n) is 32.5. The fraction of sp³-hybridized carbons (Fsp3) is 0.432. The van der Waals surface area contributed by atoms with E-state index in [9.17, 15) is 14.4 Å². The van der Waals surface area contributed by atoms with Crippen molar-refractivity contribution in [3.8, 4) is 23.0 Å². The quantitative estimate of drug-likeness (QED) is 0.0190. The highest BCUT2D eigenvalue weighted by Gasteiger charge is 2.32. The van der Waals surface area contributed by atoms with Gasteiger partial charge in [0.2, 0.25) is 5.13 Å². The highest BCUT2D eigenvalue weighted by molar-refractivity contribution is 7.22. The highest BCUT2D eigenvalue weighted by Crippen LogP contribution is 2.33. The van der Waals surface area contributed by atoms with Crippen LogP contribution in [-0.2, 0) is 19.1 Å². The van der Waals surface area contributed by atoms with E-state index in [1.54, 1.807) is 67.1 Å². The van der Waals surface area contributed by atoms with Crippen molar-refractivity contribution >= 4 is 50.8 Å². The number of hydrazone groups is 1. The van der Waals surface area contributed by atoms with Crippen molar-refractivity contribution in [1.29, 1.82) is 0 Å². The van der Waals surface area contributed by atoms with Gasteiger partial charge in [-0.15, -0.1) is 0 Å². The lowest BCUT2D eigenvalue weighted by atomic mass is 9.82. The maximum absolute atomic E-state index is 13.3. The molecule has 0 radical (unpaired) electrons. The van der Waals surface area contributed by atoms with Crippen LogP contribution in [0.3, 0.4) is 0 Å². The summed E-state index contributed by atoms with van der Waals surface area (Å²) in [5, 5.41) is 7.60. The zero-order chi connectivity index (χ0) is 39.5. The molecule has 1 saturated carbocycles. The molecule has 3 aromatic carbocycles. The number of carbonyl (C=O) groups is 3. The fourth-order valence-electron chi connectivity index (χ4n) is 6.42. The normalized spacial score (nSPS) is 15.3. The zero-order valence-corrected chi connectivity index (χ0v) is 33.3. The molecule has 11 nitrogen and oxygen atoms in total. The summed E-state index contributed by atoms with van der Waals surface area (Å²) in [6.07, 6.45) is 13.0. The SMILES string of the molecule is C=CC(=O)OCCCCCCOc1ccc(OC(=O)[C@H]2CC[C@@H](C(=O)Oc3ccc(OC)c(/C=N/N(CCCCCC)c4nc5ccccc5s4)c3)CC2)cc1. The van der Waals surface area contributed by atoms with Gasteiger partial charge in [-0.1, -0.05) is 56.2 Å². The predicted octanol–water partition coefficient (Wildman–Crippen LogP) is 9.71. The van der Waals surface area contributed by atoms with Crippen molar-refractivity contribution in [1.82, 2.24) is 4.98 Å². The Bertz CT molecular complexity index is 1870. The Balaban J connectivity index is 1.07. The van der Waals surface area contributed by atoms with Gasteiger partial charge in [0, 0.05) is 18.2 Å². The van der Waals surface area contributed by atoms with E-state index in [1.165, 1.54) is 12.5 Å². The number of anilines is 1. The Morgan fingerprint density at radius 1 is 0.821 bits per heavy atom. The summed E-state index contributed by atoms with van der Waals surface area (Å²) in [5.41, 5.74) is 1.62. The number of fused-ring (bicyclic) bond motifs is 1. The van der Waals surface area contributed by atoms with Gasteiger partial charge < -0.3 is 23.7 Å². The van der Waals surface area contributed by atoms with Crippen LogP contribution >= 0.6 is 11.3 Å². The molecular formula is C44H53N3O8S. The number of methoxy groups -OCH3 is 1. The van der Waals surface area contributed by atoms with E-state index >= 15 is 0 Å². The third-order valence-corrected chi connectivity index (χ3v) is 10.7. The summed E-state index contributed by atoms with van der Waals surface area (Å²) in [6.45, 7) is 7.26. The fourth-order valence-corrected chi connectivity index (χ4v) is 7.37. The minimum Gasteiger partial charge on any atom is -0.496 e. The second-order valence-electron chi connectivity index (χ2n) is 13.8. The lowest BCUT2D eigenvalue weighted by Gasteiger charge is -2.25. The Labute approximate surface area is 333 Å². The summed E-state index contributed by atoms with van der Waals surface area (Å²) in [6, 6.07) is 20.4. The summed E-state index contributed by atoms with van der Waals surface area (Å²) >= 11 is 1.61. The number of carbonyl (C=O) groups excluding carboxylic acids is 3. The smallest absolute Gasteiger partial charge is 0.330 e. The van der Waals surface area contributed by atoms with Gasteiger partial charge in [-0.2, -0.15) is 5.10 Å². The van der Waals surface area contributed by atoms with E-state index in [0.29, 0.717) is 67.5 Å². The number of thiazole rings is 1. The highest BCUT2D eigenvalue weighted by atomic mass is 32.1. The molecule has 1 aliphatic rings. The average molecular weight is 784 g/mol. The molecule has 5 rings (SSSR count). The van der Waals surface area contributed by atoms with Crippen LogP contribution in [0.4, 0.5) is 5.13 Å².